The van der Waals surface area contributed by atoms with E-state index in [0.29, 0.717) is 16.7 Å². The molecule has 1 saturated carbocycles. The van der Waals surface area contributed by atoms with Crippen LogP contribution in [0.5, 0.6) is 0 Å². The molecule has 0 bridgehead atoms. The lowest BCUT2D eigenvalue weighted by Gasteiger charge is -2.36. The van der Waals surface area contributed by atoms with Crippen molar-refractivity contribution in [3.63, 3.8) is 0 Å². The predicted molar refractivity (Wildman–Crippen MR) is 76.3 cm³/mol. The standard InChI is InChI=1S/C12H16BrNO2S2/c13-11-6-7-12(17-11)18(15,16)14-8-2-4-9-3-1-5-10(9)14/h6-7,9-10H,1-5,8H2. The van der Waals surface area contributed by atoms with Crippen molar-refractivity contribution in [3.8, 4) is 0 Å². The van der Waals surface area contributed by atoms with Crippen molar-refractivity contribution in [1.29, 1.82) is 0 Å². The van der Waals surface area contributed by atoms with Crippen molar-refractivity contribution in [2.75, 3.05) is 6.54 Å². The first-order valence-corrected chi connectivity index (χ1v) is 9.41. The van der Waals surface area contributed by atoms with E-state index < -0.39 is 10.0 Å². The summed E-state index contributed by atoms with van der Waals surface area (Å²) in [5, 5.41) is 0. The second-order valence-electron chi connectivity index (χ2n) is 5.07. The van der Waals surface area contributed by atoms with Gasteiger partial charge in [0.05, 0.1) is 3.79 Å². The minimum absolute atomic E-state index is 0.254. The highest BCUT2D eigenvalue weighted by Gasteiger charge is 2.41. The monoisotopic (exact) mass is 349 g/mol. The summed E-state index contributed by atoms with van der Waals surface area (Å²) < 4.78 is 28.4. The van der Waals surface area contributed by atoms with E-state index in [2.05, 4.69) is 15.9 Å². The maximum absolute atomic E-state index is 12.7. The summed E-state index contributed by atoms with van der Waals surface area (Å²) in [4.78, 5) is 0. The highest BCUT2D eigenvalue weighted by atomic mass is 79.9. The van der Waals surface area contributed by atoms with Gasteiger partial charge in [0, 0.05) is 12.6 Å². The minimum Gasteiger partial charge on any atom is -0.206 e. The Bertz CT molecular complexity index is 540. The lowest BCUT2D eigenvalue weighted by molar-refractivity contribution is 0.202. The van der Waals surface area contributed by atoms with Crippen LogP contribution in [0.25, 0.3) is 0 Å². The van der Waals surface area contributed by atoms with Crippen LogP contribution in [-0.4, -0.2) is 25.3 Å². The van der Waals surface area contributed by atoms with Crippen molar-refractivity contribution < 1.29 is 8.42 Å². The van der Waals surface area contributed by atoms with Gasteiger partial charge in [-0.25, -0.2) is 8.42 Å². The van der Waals surface area contributed by atoms with Crippen LogP contribution in [0.1, 0.15) is 32.1 Å². The first kappa shape index (κ1) is 13.1. The molecule has 0 spiro atoms. The van der Waals surface area contributed by atoms with E-state index in [0.717, 1.165) is 16.6 Å². The van der Waals surface area contributed by atoms with E-state index in [9.17, 15) is 8.42 Å². The third-order valence-corrected chi connectivity index (χ3v) is 8.07. The molecule has 3 rings (SSSR count). The highest BCUT2D eigenvalue weighted by Crippen LogP contribution is 2.40. The van der Waals surface area contributed by atoms with Crippen molar-refractivity contribution in [3.05, 3.63) is 15.9 Å². The Labute approximate surface area is 120 Å². The Morgan fingerprint density at radius 2 is 2.00 bits per heavy atom. The molecule has 0 amide bonds. The Hall–Kier alpha value is 0.0900. The van der Waals surface area contributed by atoms with Crippen molar-refractivity contribution in [1.82, 2.24) is 4.31 Å². The average molecular weight is 350 g/mol. The molecule has 1 aliphatic carbocycles. The number of piperidine rings is 1. The number of thiophene rings is 1. The van der Waals surface area contributed by atoms with Crippen LogP contribution in [0.4, 0.5) is 0 Å². The molecule has 2 fully saturated rings. The molecule has 2 heterocycles. The van der Waals surface area contributed by atoms with Crippen LogP contribution in [0.2, 0.25) is 0 Å². The van der Waals surface area contributed by atoms with E-state index in [-0.39, 0.29) is 6.04 Å². The van der Waals surface area contributed by atoms with E-state index in [1.54, 1.807) is 10.4 Å². The molecular weight excluding hydrogens is 334 g/mol. The number of rotatable bonds is 2. The predicted octanol–water partition coefficient (Wildman–Crippen LogP) is 3.46. The Morgan fingerprint density at radius 1 is 1.22 bits per heavy atom. The number of hydrogen-bond acceptors (Lipinski definition) is 3. The number of nitrogens with zero attached hydrogens (tertiary/aromatic N) is 1. The molecule has 1 saturated heterocycles. The van der Waals surface area contributed by atoms with E-state index >= 15 is 0 Å². The fraction of sp³-hybridized carbons (Fsp3) is 0.667. The van der Waals surface area contributed by atoms with Crippen molar-refractivity contribution in [2.24, 2.45) is 5.92 Å². The summed E-state index contributed by atoms with van der Waals surface area (Å²) in [6, 6.07) is 3.78. The third-order valence-electron chi connectivity index (χ3n) is 4.05. The summed E-state index contributed by atoms with van der Waals surface area (Å²) in [5.41, 5.74) is 0. The van der Waals surface area contributed by atoms with Gasteiger partial charge in [0.1, 0.15) is 4.21 Å². The molecule has 100 valence electrons. The molecule has 18 heavy (non-hydrogen) atoms. The molecule has 0 N–H and O–H groups in total. The van der Waals surface area contributed by atoms with Gasteiger partial charge in [-0.05, 0) is 59.7 Å². The summed E-state index contributed by atoms with van der Waals surface area (Å²) in [6.45, 7) is 0.693. The molecule has 1 aromatic rings. The van der Waals surface area contributed by atoms with Crippen molar-refractivity contribution in [2.45, 2.75) is 42.4 Å². The molecule has 2 atom stereocenters. The molecule has 6 heteroatoms. The van der Waals surface area contributed by atoms with E-state index in [1.165, 1.54) is 30.6 Å². The zero-order valence-electron chi connectivity index (χ0n) is 10.0. The average Bonchev–Trinajstić information content (AvgIpc) is 2.96. The van der Waals surface area contributed by atoms with Gasteiger partial charge in [0.25, 0.3) is 10.0 Å². The summed E-state index contributed by atoms with van der Waals surface area (Å²) >= 11 is 4.65. The molecule has 2 unspecified atom stereocenters. The lowest BCUT2D eigenvalue weighted by Crippen LogP contribution is -2.45. The van der Waals surface area contributed by atoms with E-state index in [4.69, 9.17) is 0 Å². The second-order valence-corrected chi connectivity index (χ2v) is 9.66. The zero-order valence-corrected chi connectivity index (χ0v) is 13.2. The van der Waals surface area contributed by atoms with Gasteiger partial charge in [0.2, 0.25) is 0 Å². The van der Waals surface area contributed by atoms with Crippen LogP contribution in [0.15, 0.2) is 20.1 Å². The SMILES string of the molecule is O=S(=O)(c1ccc(Br)s1)N1CCCC2CCCC21. The van der Waals surface area contributed by atoms with E-state index in [1.807, 2.05) is 6.07 Å². The molecular formula is C12H16BrNO2S2. The summed E-state index contributed by atoms with van der Waals surface area (Å²) in [6.07, 6.45) is 5.62. The number of sulfonamides is 1. The van der Waals surface area contributed by atoms with Gasteiger partial charge < -0.3 is 0 Å². The maximum atomic E-state index is 12.7. The topological polar surface area (TPSA) is 37.4 Å². The van der Waals surface area contributed by atoms with Crippen LogP contribution >= 0.6 is 27.3 Å². The lowest BCUT2D eigenvalue weighted by atomic mass is 9.94. The van der Waals surface area contributed by atoms with Gasteiger partial charge in [-0.2, -0.15) is 4.31 Å². The normalized spacial score (nSPS) is 29.4. The molecule has 2 aliphatic rings. The van der Waals surface area contributed by atoms with Crippen LogP contribution in [0, 0.1) is 5.92 Å². The fourth-order valence-electron chi connectivity index (χ4n) is 3.26. The number of hydrogen-bond donors (Lipinski definition) is 0. The highest BCUT2D eigenvalue weighted by molar-refractivity contribution is 9.11. The first-order chi connectivity index (χ1) is 8.59. The smallest absolute Gasteiger partial charge is 0.206 e. The third kappa shape index (κ3) is 2.17. The number of fused-ring (bicyclic) bond motifs is 1. The van der Waals surface area contributed by atoms with Crippen LogP contribution < -0.4 is 0 Å². The van der Waals surface area contributed by atoms with Gasteiger partial charge in [0.15, 0.2) is 0 Å². The molecule has 3 nitrogen and oxygen atoms in total. The van der Waals surface area contributed by atoms with Crippen LogP contribution in [-0.2, 0) is 10.0 Å². The van der Waals surface area contributed by atoms with Gasteiger partial charge in [-0.1, -0.05) is 6.42 Å². The molecule has 0 radical (unpaired) electrons. The molecule has 1 aromatic heterocycles. The molecule has 1 aliphatic heterocycles. The van der Waals surface area contributed by atoms with Gasteiger partial charge in [-0.3, -0.25) is 0 Å². The Balaban J connectivity index is 1.93. The summed E-state index contributed by atoms with van der Waals surface area (Å²) in [5.74, 6) is 0.594. The summed E-state index contributed by atoms with van der Waals surface area (Å²) in [7, 11) is -3.27. The fourth-order valence-corrected chi connectivity index (χ4v) is 7.15. The van der Waals surface area contributed by atoms with Gasteiger partial charge in [-0.15, -0.1) is 11.3 Å². The Morgan fingerprint density at radius 3 is 2.72 bits per heavy atom. The largest absolute Gasteiger partial charge is 0.252 e. The van der Waals surface area contributed by atoms with Gasteiger partial charge >= 0.3 is 0 Å². The Kier molecular flexibility index (Phi) is 3.55. The van der Waals surface area contributed by atoms with Crippen LogP contribution in [0.3, 0.4) is 0 Å². The zero-order chi connectivity index (χ0) is 12.8. The second kappa shape index (κ2) is 4.89. The first-order valence-electron chi connectivity index (χ1n) is 6.36. The minimum atomic E-state index is -3.27. The quantitative estimate of drug-likeness (QED) is 0.819. The number of halogens is 1. The molecule has 0 aromatic carbocycles. The maximum Gasteiger partial charge on any atom is 0.252 e. The van der Waals surface area contributed by atoms with Crippen molar-refractivity contribution >= 4 is 37.3 Å².